The molecule has 3 rings (SSSR count). The van der Waals surface area contributed by atoms with Gasteiger partial charge in [-0.3, -0.25) is 4.98 Å². The molecule has 3 N–H and O–H groups in total. The van der Waals surface area contributed by atoms with Gasteiger partial charge in [0.15, 0.2) is 5.65 Å². The van der Waals surface area contributed by atoms with Crippen molar-refractivity contribution in [3.05, 3.63) is 42.7 Å². The molecule has 21 heavy (non-hydrogen) atoms. The zero-order valence-electron chi connectivity index (χ0n) is 11.6. The highest BCUT2D eigenvalue weighted by molar-refractivity contribution is 7.99. The lowest BCUT2D eigenvalue weighted by Crippen LogP contribution is -2.26. The minimum absolute atomic E-state index is 0.00200. The summed E-state index contributed by atoms with van der Waals surface area (Å²) in [7, 11) is 0. The molecule has 0 fully saturated rings. The maximum Gasteiger partial charge on any atom is 0.181 e. The molecule has 3 aromatic rings. The minimum atomic E-state index is -0.00200. The van der Waals surface area contributed by atoms with Gasteiger partial charge < -0.3 is 10.7 Å². The standard InChI is InChI=1S/C14H16N6S/c1-2-9(15)12(10-5-3-4-6-16-10)21-14-11-13(18-7-17-11)19-8-20-14/h3-9,12H,2,15H2,1H3,(H,17,18,19,20). The van der Waals surface area contributed by atoms with Crippen molar-refractivity contribution in [2.75, 3.05) is 0 Å². The predicted molar refractivity (Wildman–Crippen MR) is 82.8 cm³/mol. The average molecular weight is 300 g/mol. The molecule has 0 aliphatic carbocycles. The fourth-order valence-electron chi connectivity index (χ4n) is 2.08. The Hall–Kier alpha value is -1.99. The quantitative estimate of drug-likeness (QED) is 0.555. The van der Waals surface area contributed by atoms with Crippen molar-refractivity contribution in [2.24, 2.45) is 5.73 Å². The van der Waals surface area contributed by atoms with Gasteiger partial charge in [-0.15, -0.1) is 0 Å². The molecule has 0 saturated carbocycles. The van der Waals surface area contributed by atoms with Crippen LogP contribution in [0.3, 0.4) is 0 Å². The first kappa shape index (κ1) is 14.0. The lowest BCUT2D eigenvalue weighted by Gasteiger charge is -2.21. The zero-order valence-corrected chi connectivity index (χ0v) is 12.4. The number of fused-ring (bicyclic) bond motifs is 1. The fourth-order valence-corrected chi connectivity index (χ4v) is 3.32. The van der Waals surface area contributed by atoms with E-state index in [1.54, 1.807) is 24.3 Å². The topological polar surface area (TPSA) is 93.4 Å². The summed E-state index contributed by atoms with van der Waals surface area (Å²) in [5.74, 6) is 0. The molecule has 0 saturated heterocycles. The van der Waals surface area contributed by atoms with E-state index in [4.69, 9.17) is 5.73 Å². The first-order valence-electron chi connectivity index (χ1n) is 6.77. The molecule has 0 aliphatic rings. The summed E-state index contributed by atoms with van der Waals surface area (Å²) in [5.41, 5.74) is 8.75. The van der Waals surface area contributed by atoms with Crippen LogP contribution in [0.4, 0.5) is 0 Å². The van der Waals surface area contributed by atoms with Crippen molar-refractivity contribution in [1.29, 1.82) is 0 Å². The number of hydrogen-bond donors (Lipinski definition) is 2. The summed E-state index contributed by atoms with van der Waals surface area (Å²) in [6.07, 6.45) is 5.81. The summed E-state index contributed by atoms with van der Waals surface area (Å²) in [6.45, 7) is 2.08. The van der Waals surface area contributed by atoms with Crippen LogP contribution >= 0.6 is 11.8 Å². The second-order valence-corrected chi connectivity index (χ2v) is 5.78. The number of aromatic nitrogens is 5. The van der Waals surface area contributed by atoms with E-state index < -0.39 is 0 Å². The maximum atomic E-state index is 6.29. The van der Waals surface area contributed by atoms with Gasteiger partial charge in [-0.1, -0.05) is 24.8 Å². The van der Waals surface area contributed by atoms with Gasteiger partial charge in [-0.25, -0.2) is 15.0 Å². The molecule has 2 atom stereocenters. The lowest BCUT2D eigenvalue weighted by molar-refractivity contribution is 0.624. The van der Waals surface area contributed by atoms with E-state index in [1.807, 2.05) is 18.2 Å². The fraction of sp³-hybridized carbons (Fsp3) is 0.286. The Bertz CT molecular complexity index is 714. The van der Waals surface area contributed by atoms with E-state index >= 15 is 0 Å². The molecule has 3 aromatic heterocycles. The van der Waals surface area contributed by atoms with Crippen LogP contribution in [0, 0.1) is 0 Å². The summed E-state index contributed by atoms with van der Waals surface area (Å²) >= 11 is 1.60. The molecule has 0 amide bonds. The second kappa shape index (κ2) is 6.19. The number of nitrogens with one attached hydrogen (secondary N) is 1. The van der Waals surface area contributed by atoms with Crippen molar-refractivity contribution in [1.82, 2.24) is 24.9 Å². The molecule has 7 heteroatoms. The van der Waals surface area contributed by atoms with E-state index in [-0.39, 0.29) is 11.3 Å². The third-order valence-electron chi connectivity index (χ3n) is 3.27. The van der Waals surface area contributed by atoms with Gasteiger partial charge in [0.25, 0.3) is 0 Å². The van der Waals surface area contributed by atoms with Crippen LogP contribution < -0.4 is 5.73 Å². The van der Waals surface area contributed by atoms with Crippen LogP contribution in [-0.2, 0) is 0 Å². The summed E-state index contributed by atoms with van der Waals surface area (Å²) < 4.78 is 0. The first-order chi connectivity index (χ1) is 10.3. The van der Waals surface area contributed by atoms with Crippen LogP contribution in [0.1, 0.15) is 24.3 Å². The Labute approximate surface area is 126 Å². The molecule has 0 bridgehead atoms. The normalized spacial score (nSPS) is 14.2. The SMILES string of the molecule is CCC(N)C(Sc1ncnc2nc[nH]c12)c1ccccn1. The van der Waals surface area contributed by atoms with Crippen molar-refractivity contribution < 1.29 is 0 Å². The van der Waals surface area contributed by atoms with Gasteiger partial charge >= 0.3 is 0 Å². The third-order valence-corrected chi connectivity index (χ3v) is 4.64. The van der Waals surface area contributed by atoms with E-state index in [1.165, 1.54) is 6.33 Å². The lowest BCUT2D eigenvalue weighted by atomic mass is 10.1. The summed E-state index contributed by atoms with van der Waals surface area (Å²) in [4.78, 5) is 20.2. The Morgan fingerprint density at radius 2 is 2.14 bits per heavy atom. The number of nitrogens with two attached hydrogens (primary N) is 1. The van der Waals surface area contributed by atoms with Gasteiger partial charge in [-0.05, 0) is 18.6 Å². The van der Waals surface area contributed by atoms with Crippen molar-refractivity contribution in [3.63, 3.8) is 0 Å². The minimum Gasteiger partial charge on any atom is -0.341 e. The van der Waals surface area contributed by atoms with Crippen molar-refractivity contribution in [2.45, 2.75) is 29.7 Å². The average Bonchev–Trinajstić information content (AvgIpc) is 3.02. The molecule has 2 unspecified atom stereocenters. The highest BCUT2D eigenvalue weighted by Crippen LogP contribution is 2.37. The number of H-pyrrole nitrogens is 1. The number of imidazole rings is 1. The molecule has 0 spiro atoms. The van der Waals surface area contributed by atoms with Crippen molar-refractivity contribution in [3.8, 4) is 0 Å². The molecule has 108 valence electrons. The van der Waals surface area contributed by atoms with Gasteiger partial charge in [0, 0.05) is 12.2 Å². The van der Waals surface area contributed by atoms with E-state index in [0.29, 0.717) is 5.65 Å². The Kier molecular flexibility index (Phi) is 4.12. The molecule has 0 aromatic carbocycles. The Morgan fingerprint density at radius 1 is 1.24 bits per heavy atom. The number of thioether (sulfide) groups is 1. The second-order valence-electron chi connectivity index (χ2n) is 4.65. The van der Waals surface area contributed by atoms with Crippen LogP contribution in [0.2, 0.25) is 0 Å². The maximum absolute atomic E-state index is 6.29. The molecular formula is C14H16N6S. The van der Waals surface area contributed by atoms with Gasteiger partial charge in [-0.2, -0.15) is 0 Å². The molecule has 0 aliphatic heterocycles. The predicted octanol–water partition coefficient (Wildman–Crippen LogP) is 2.32. The van der Waals surface area contributed by atoms with Crippen LogP contribution in [0.15, 0.2) is 42.1 Å². The van der Waals surface area contributed by atoms with E-state index in [2.05, 4.69) is 31.8 Å². The van der Waals surface area contributed by atoms with Gasteiger partial charge in [0.05, 0.1) is 17.3 Å². The Balaban J connectivity index is 1.97. The largest absolute Gasteiger partial charge is 0.341 e. The zero-order chi connectivity index (χ0) is 14.7. The van der Waals surface area contributed by atoms with Crippen molar-refractivity contribution >= 4 is 22.9 Å². The van der Waals surface area contributed by atoms with Crippen LogP contribution in [0.5, 0.6) is 0 Å². The monoisotopic (exact) mass is 300 g/mol. The molecule has 6 nitrogen and oxygen atoms in total. The number of nitrogens with zero attached hydrogens (tertiary/aromatic N) is 4. The number of rotatable bonds is 5. The van der Waals surface area contributed by atoms with E-state index in [9.17, 15) is 0 Å². The number of pyridine rings is 1. The van der Waals surface area contributed by atoms with E-state index in [0.717, 1.165) is 22.7 Å². The third kappa shape index (κ3) is 2.88. The first-order valence-corrected chi connectivity index (χ1v) is 7.64. The highest BCUT2D eigenvalue weighted by atomic mass is 32.2. The smallest absolute Gasteiger partial charge is 0.181 e. The molecule has 3 heterocycles. The molecule has 0 radical (unpaired) electrons. The summed E-state index contributed by atoms with van der Waals surface area (Å²) in [6, 6.07) is 5.88. The number of hydrogen-bond acceptors (Lipinski definition) is 6. The number of aromatic amines is 1. The Morgan fingerprint density at radius 3 is 2.90 bits per heavy atom. The van der Waals surface area contributed by atoms with Crippen LogP contribution in [0.25, 0.3) is 11.2 Å². The van der Waals surface area contributed by atoms with Crippen LogP contribution in [-0.4, -0.2) is 31.0 Å². The van der Waals surface area contributed by atoms with Gasteiger partial charge in [0.1, 0.15) is 16.9 Å². The summed E-state index contributed by atoms with van der Waals surface area (Å²) in [5, 5.41) is 0.884. The van der Waals surface area contributed by atoms with Gasteiger partial charge in [0.2, 0.25) is 0 Å². The molecular weight excluding hydrogens is 284 g/mol. The highest BCUT2D eigenvalue weighted by Gasteiger charge is 2.23.